The first-order valence-corrected chi connectivity index (χ1v) is 9.95. The minimum absolute atomic E-state index is 0. The molecule has 2 rings (SSSR count). The summed E-state index contributed by atoms with van der Waals surface area (Å²) in [5, 5.41) is 21.0. The Morgan fingerprint density at radius 2 is 2.16 bits per heavy atom. The molecule has 1 aliphatic carbocycles. The van der Waals surface area contributed by atoms with Gasteiger partial charge in [-0.15, -0.1) is 24.0 Å². The van der Waals surface area contributed by atoms with Gasteiger partial charge in [0.2, 0.25) is 0 Å². The molecule has 0 bridgehead atoms. The summed E-state index contributed by atoms with van der Waals surface area (Å²) in [6.45, 7) is 6.58. The van der Waals surface area contributed by atoms with Crippen LogP contribution < -0.4 is 10.6 Å². The average Bonchev–Trinajstić information content (AvgIpc) is 3.25. The Hall–Kier alpha value is -0.380. The van der Waals surface area contributed by atoms with Crippen molar-refractivity contribution in [1.29, 1.82) is 0 Å². The van der Waals surface area contributed by atoms with Crippen LogP contribution in [0.1, 0.15) is 51.5 Å². The molecule has 3 N–H and O–H groups in total. The Labute approximate surface area is 172 Å². The molecule has 0 radical (unpaired) electrons. The smallest absolute Gasteiger partial charge is 0.191 e. The number of aliphatic imine (C=N–C) groups is 1. The molecule has 1 saturated carbocycles. The van der Waals surface area contributed by atoms with E-state index in [0.717, 1.165) is 37.6 Å². The molecule has 7 heteroatoms. The van der Waals surface area contributed by atoms with Crippen molar-refractivity contribution in [1.82, 2.24) is 10.6 Å². The lowest BCUT2D eigenvalue weighted by atomic mass is 10.00. The zero-order chi connectivity index (χ0) is 17.3. The van der Waals surface area contributed by atoms with Crippen LogP contribution in [0.25, 0.3) is 0 Å². The van der Waals surface area contributed by atoms with Crippen LogP contribution in [-0.2, 0) is 10.3 Å². The summed E-state index contributed by atoms with van der Waals surface area (Å²) >= 11 is 1.59. The zero-order valence-corrected chi connectivity index (χ0v) is 18.4. The Morgan fingerprint density at radius 3 is 2.80 bits per heavy atom. The van der Waals surface area contributed by atoms with Crippen molar-refractivity contribution in [2.24, 2.45) is 4.99 Å². The van der Waals surface area contributed by atoms with Crippen molar-refractivity contribution in [3.63, 3.8) is 0 Å². The lowest BCUT2D eigenvalue weighted by Gasteiger charge is -2.21. The molecule has 0 amide bonds. The van der Waals surface area contributed by atoms with Gasteiger partial charge in [-0.2, -0.15) is 11.3 Å². The molecule has 0 spiro atoms. The highest BCUT2D eigenvalue weighted by Crippen LogP contribution is 2.23. The lowest BCUT2D eigenvalue weighted by Crippen LogP contribution is -2.39. The molecule has 1 atom stereocenters. The third kappa shape index (κ3) is 8.23. The summed E-state index contributed by atoms with van der Waals surface area (Å²) in [5.41, 5.74) is -0.0226. The van der Waals surface area contributed by atoms with Gasteiger partial charge < -0.3 is 20.5 Å². The van der Waals surface area contributed by atoms with E-state index in [1.807, 2.05) is 23.8 Å². The van der Waals surface area contributed by atoms with Crippen molar-refractivity contribution >= 4 is 41.3 Å². The predicted molar refractivity (Wildman–Crippen MR) is 116 cm³/mol. The van der Waals surface area contributed by atoms with E-state index in [2.05, 4.69) is 15.6 Å². The van der Waals surface area contributed by atoms with Gasteiger partial charge in [0.15, 0.2) is 5.96 Å². The summed E-state index contributed by atoms with van der Waals surface area (Å²) < 4.78 is 5.87. The molecule has 25 heavy (non-hydrogen) atoms. The number of hydrogen-bond acceptors (Lipinski definition) is 4. The topological polar surface area (TPSA) is 65.9 Å². The normalized spacial score (nSPS) is 17.8. The second-order valence-corrected chi connectivity index (χ2v) is 7.32. The molecule has 144 valence electrons. The fraction of sp³-hybridized carbons (Fsp3) is 0.722. The third-order valence-corrected chi connectivity index (χ3v) is 4.98. The van der Waals surface area contributed by atoms with Crippen molar-refractivity contribution < 1.29 is 9.84 Å². The van der Waals surface area contributed by atoms with Gasteiger partial charge in [0.1, 0.15) is 5.60 Å². The van der Waals surface area contributed by atoms with E-state index in [1.54, 1.807) is 18.3 Å². The van der Waals surface area contributed by atoms with Crippen LogP contribution in [0.4, 0.5) is 0 Å². The first kappa shape index (κ1) is 22.7. The van der Waals surface area contributed by atoms with Gasteiger partial charge in [-0.05, 0) is 55.5 Å². The van der Waals surface area contributed by atoms with Crippen LogP contribution in [0.5, 0.6) is 0 Å². The van der Waals surface area contributed by atoms with Crippen molar-refractivity contribution in [2.45, 2.75) is 57.7 Å². The van der Waals surface area contributed by atoms with Gasteiger partial charge in [-0.3, -0.25) is 0 Å². The first-order chi connectivity index (χ1) is 11.6. The molecule has 5 nitrogen and oxygen atoms in total. The summed E-state index contributed by atoms with van der Waals surface area (Å²) in [7, 11) is 0. The van der Waals surface area contributed by atoms with E-state index in [4.69, 9.17) is 4.74 Å². The quantitative estimate of drug-likeness (QED) is 0.219. The number of thiophene rings is 1. The number of rotatable bonds is 9. The molecule has 1 unspecified atom stereocenters. The molecule has 1 aromatic rings. The van der Waals surface area contributed by atoms with Crippen molar-refractivity contribution in [2.75, 3.05) is 26.2 Å². The number of nitrogens with one attached hydrogen (secondary N) is 2. The monoisotopic (exact) mass is 481 g/mol. The molecule has 0 aromatic carbocycles. The molecule has 1 heterocycles. The maximum atomic E-state index is 10.5. The largest absolute Gasteiger partial charge is 0.383 e. The van der Waals surface area contributed by atoms with E-state index in [9.17, 15) is 5.11 Å². The summed E-state index contributed by atoms with van der Waals surface area (Å²) in [6.07, 6.45) is 6.49. The minimum atomic E-state index is -0.937. The number of nitrogens with zero attached hydrogens (tertiary/aromatic N) is 1. The Balaban J connectivity index is 0.00000312. The first-order valence-electron chi connectivity index (χ1n) is 9.00. The fourth-order valence-electron chi connectivity index (χ4n) is 2.82. The SMILES string of the molecule is CCNC(=NCC(C)(O)c1ccsc1)NCCCOC1CCCC1.I. The van der Waals surface area contributed by atoms with Gasteiger partial charge >= 0.3 is 0 Å². The summed E-state index contributed by atoms with van der Waals surface area (Å²) in [5.74, 6) is 0.744. The maximum absolute atomic E-state index is 10.5. The highest BCUT2D eigenvalue weighted by molar-refractivity contribution is 14.0. The third-order valence-electron chi connectivity index (χ3n) is 4.30. The highest BCUT2D eigenvalue weighted by Gasteiger charge is 2.23. The molecule has 1 aromatic heterocycles. The van der Waals surface area contributed by atoms with E-state index in [-0.39, 0.29) is 24.0 Å². The molecule has 1 aliphatic rings. The van der Waals surface area contributed by atoms with Crippen molar-refractivity contribution in [3.8, 4) is 0 Å². The number of hydrogen-bond donors (Lipinski definition) is 3. The maximum Gasteiger partial charge on any atom is 0.191 e. The van der Waals surface area contributed by atoms with Crippen LogP contribution in [0.3, 0.4) is 0 Å². The summed E-state index contributed by atoms with van der Waals surface area (Å²) in [6, 6.07) is 1.95. The number of aliphatic hydroxyl groups is 1. The molecule has 0 aliphatic heterocycles. The zero-order valence-electron chi connectivity index (χ0n) is 15.3. The molecule has 0 saturated heterocycles. The Kier molecular flexibility index (Phi) is 11.0. The van der Waals surface area contributed by atoms with Crippen LogP contribution in [0.2, 0.25) is 0 Å². The second-order valence-electron chi connectivity index (χ2n) is 6.54. The van der Waals surface area contributed by atoms with E-state index < -0.39 is 5.60 Å². The number of guanidine groups is 1. The Bertz CT molecular complexity index is 489. The van der Waals surface area contributed by atoms with Gasteiger partial charge in [0.25, 0.3) is 0 Å². The van der Waals surface area contributed by atoms with Gasteiger partial charge in [0, 0.05) is 19.7 Å². The fourth-order valence-corrected chi connectivity index (χ4v) is 3.60. The van der Waals surface area contributed by atoms with Gasteiger partial charge in [-0.25, -0.2) is 4.99 Å². The summed E-state index contributed by atoms with van der Waals surface area (Å²) in [4.78, 5) is 4.52. The van der Waals surface area contributed by atoms with Crippen LogP contribution in [-0.4, -0.2) is 43.4 Å². The van der Waals surface area contributed by atoms with E-state index >= 15 is 0 Å². The molecule has 1 fully saturated rings. The van der Waals surface area contributed by atoms with Crippen molar-refractivity contribution in [3.05, 3.63) is 22.4 Å². The van der Waals surface area contributed by atoms with Crippen LogP contribution in [0, 0.1) is 0 Å². The standard InChI is InChI=1S/C18H31N3O2S.HI/c1-3-19-17(20-10-6-11-23-16-7-4-5-8-16)21-14-18(2,22)15-9-12-24-13-15;/h9,12-13,16,22H,3-8,10-11,14H2,1-2H3,(H2,19,20,21);1H. The van der Waals surface area contributed by atoms with Gasteiger partial charge in [-0.1, -0.05) is 12.8 Å². The Morgan fingerprint density at radius 1 is 1.40 bits per heavy atom. The highest BCUT2D eigenvalue weighted by atomic mass is 127. The van der Waals surface area contributed by atoms with E-state index in [0.29, 0.717) is 12.6 Å². The second kappa shape index (κ2) is 12.1. The van der Waals surface area contributed by atoms with Crippen LogP contribution >= 0.6 is 35.3 Å². The van der Waals surface area contributed by atoms with Crippen LogP contribution in [0.15, 0.2) is 21.8 Å². The average molecular weight is 481 g/mol. The predicted octanol–water partition coefficient (Wildman–Crippen LogP) is 3.48. The van der Waals surface area contributed by atoms with Gasteiger partial charge in [0.05, 0.1) is 12.6 Å². The molecular weight excluding hydrogens is 449 g/mol. The molecular formula is C18H32IN3O2S. The van der Waals surface area contributed by atoms with E-state index in [1.165, 1.54) is 25.7 Å². The minimum Gasteiger partial charge on any atom is -0.383 e. The number of ether oxygens (including phenoxy) is 1. The lowest BCUT2D eigenvalue weighted by molar-refractivity contribution is 0.0573. The number of halogens is 1.